The second-order valence-electron chi connectivity index (χ2n) is 6.74. The van der Waals surface area contributed by atoms with Crippen LogP contribution in [0.2, 0.25) is 0 Å². The summed E-state index contributed by atoms with van der Waals surface area (Å²) in [5, 5.41) is 0. The number of rotatable bonds is 2. The molecule has 1 heteroatoms. The third-order valence-electron chi connectivity index (χ3n) is 5.62. The molecule has 0 nitrogen and oxygen atoms in total. The Morgan fingerprint density at radius 3 is 2.00 bits per heavy atom. The van der Waals surface area contributed by atoms with Gasteiger partial charge in [0.05, 0.1) is 0 Å². The number of halogens is 1. The Hall–Kier alpha value is -0.750. The highest BCUT2D eigenvalue weighted by Crippen LogP contribution is 2.57. The molecular formula is C18H21Cl. The summed E-state index contributed by atoms with van der Waals surface area (Å²) in [4.78, 5) is 0. The van der Waals surface area contributed by atoms with Crippen molar-refractivity contribution in [1.82, 2.24) is 0 Å². The fraction of sp³-hybridized carbons (Fsp3) is 0.556. The molecule has 0 aromatic heterocycles. The molecule has 1 aromatic carbocycles. The van der Waals surface area contributed by atoms with E-state index in [-0.39, 0.29) is 0 Å². The Balaban J connectivity index is 1.78. The van der Waals surface area contributed by atoms with E-state index in [1.165, 1.54) is 43.2 Å². The summed E-state index contributed by atoms with van der Waals surface area (Å²) in [5.74, 6) is 4.44. The fourth-order valence-electron chi connectivity index (χ4n) is 5.14. The lowest BCUT2D eigenvalue weighted by Crippen LogP contribution is -2.40. The molecule has 0 heterocycles. The Kier molecular flexibility index (Phi) is 2.95. The van der Waals surface area contributed by atoms with Gasteiger partial charge in [0.25, 0.3) is 0 Å². The zero-order valence-corrected chi connectivity index (χ0v) is 12.1. The molecule has 100 valence electrons. The van der Waals surface area contributed by atoms with Gasteiger partial charge in [-0.05, 0) is 66.9 Å². The lowest BCUT2D eigenvalue weighted by Gasteiger charge is -2.52. The van der Waals surface area contributed by atoms with Gasteiger partial charge in [0.2, 0.25) is 0 Å². The van der Waals surface area contributed by atoms with E-state index in [2.05, 4.69) is 30.3 Å². The second-order valence-corrected chi connectivity index (χ2v) is 7.01. The Labute approximate surface area is 120 Å². The van der Waals surface area contributed by atoms with E-state index in [0.717, 1.165) is 23.7 Å². The van der Waals surface area contributed by atoms with E-state index < -0.39 is 0 Å². The summed E-state index contributed by atoms with van der Waals surface area (Å²) in [5.41, 5.74) is 4.56. The monoisotopic (exact) mass is 272 g/mol. The van der Waals surface area contributed by atoms with Gasteiger partial charge in [-0.2, -0.15) is 0 Å². The average Bonchev–Trinajstić information content (AvgIpc) is 2.43. The molecule has 0 unspecified atom stereocenters. The predicted molar refractivity (Wildman–Crippen MR) is 81.1 cm³/mol. The predicted octanol–water partition coefficient (Wildman–Crippen LogP) is 5.14. The van der Waals surface area contributed by atoms with Gasteiger partial charge in [-0.1, -0.05) is 35.9 Å². The van der Waals surface area contributed by atoms with E-state index in [0.29, 0.717) is 5.88 Å². The van der Waals surface area contributed by atoms with Crippen LogP contribution < -0.4 is 0 Å². The maximum Gasteiger partial charge on any atom is 0.0479 e. The van der Waals surface area contributed by atoms with Gasteiger partial charge in [0, 0.05) is 5.88 Å². The summed E-state index contributed by atoms with van der Waals surface area (Å²) < 4.78 is 0. The van der Waals surface area contributed by atoms with Crippen molar-refractivity contribution < 1.29 is 0 Å². The van der Waals surface area contributed by atoms with E-state index in [4.69, 9.17) is 11.6 Å². The summed E-state index contributed by atoms with van der Waals surface area (Å²) in [6.07, 6.45) is 7.28. The molecule has 4 saturated carbocycles. The van der Waals surface area contributed by atoms with Gasteiger partial charge < -0.3 is 0 Å². The zero-order chi connectivity index (χ0) is 12.8. The van der Waals surface area contributed by atoms with Crippen LogP contribution in [-0.4, -0.2) is 5.88 Å². The van der Waals surface area contributed by atoms with Crippen LogP contribution >= 0.6 is 11.6 Å². The van der Waals surface area contributed by atoms with Crippen molar-refractivity contribution >= 4 is 17.2 Å². The van der Waals surface area contributed by atoms with Gasteiger partial charge >= 0.3 is 0 Å². The van der Waals surface area contributed by atoms with Crippen molar-refractivity contribution in [3.05, 3.63) is 41.5 Å². The van der Waals surface area contributed by atoms with Crippen LogP contribution in [0.25, 0.3) is 5.57 Å². The van der Waals surface area contributed by atoms with Crippen LogP contribution in [0.5, 0.6) is 0 Å². The SMILES string of the molecule is ClCC(=C1C2CC3CC(C2)CC1C3)c1ccccc1. The van der Waals surface area contributed by atoms with Crippen LogP contribution in [-0.2, 0) is 0 Å². The molecule has 0 aliphatic heterocycles. The number of allylic oxidation sites excluding steroid dienone is 2. The Bertz CT molecular complexity index is 470. The molecule has 4 aliphatic rings. The van der Waals surface area contributed by atoms with Gasteiger partial charge in [-0.3, -0.25) is 0 Å². The molecule has 0 amide bonds. The molecule has 0 radical (unpaired) electrons. The van der Waals surface area contributed by atoms with E-state index in [9.17, 15) is 0 Å². The van der Waals surface area contributed by atoms with Crippen LogP contribution in [0.15, 0.2) is 35.9 Å². The van der Waals surface area contributed by atoms with Crippen molar-refractivity contribution in [3.63, 3.8) is 0 Å². The third-order valence-corrected chi connectivity index (χ3v) is 5.89. The van der Waals surface area contributed by atoms with E-state index in [1.54, 1.807) is 5.57 Å². The van der Waals surface area contributed by atoms with Gasteiger partial charge in [0.15, 0.2) is 0 Å². The van der Waals surface area contributed by atoms with Crippen LogP contribution in [0, 0.1) is 23.7 Å². The fourth-order valence-corrected chi connectivity index (χ4v) is 5.45. The first-order valence-corrected chi connectivity index (χ1v) is 8.23. The van der Waals surface area contributed by atoms with Crippen molar-refractivity contribution in [2.24, 2.45) is 23.7 Å². The van der Waals surface area contributed by atoms with Gasteiger partial charge in [-0.25, -0.2) is 0 Å². The van der Waals surface area contributed by atoms with Crippen molar-refractivity contribution in [2.75, 3.05) is 5.88 Å². The Morgan fingerprint density at radius 2 is 1.47 bits per heavy atom. The van der Waals surface area contributed by atoms with Gasteiger partial charge in [0.1, 0.15) is 0 Å². The molecule has 4 fully saturated rings. The first kappa shape index (κ1) is 12.0. The first-order chi connectivity index (χ1) is 9.35. The van der Waals surface area contributed by atoms with Crippen LogP contribution in [0.4, 0.5) is 0 Å². The highest BCUT2D eigenvalue weighted by atomic mass is 35.5. The van der Waals surface area contributed by atoms with Crippen molar-refractivity contribution in [3.8, 4) is 0 Å². The highest BCUT2D eigenvalue weighted by Gasteiger charge is 2.45. The number of alkyl halides is 1. The highest BCUT2D eigenvalue weighted by molar-refractivity contribution is 6.23. The van der Waals surface area contributed by atoms with Crippen LogP contribution in [0.1, 0.15) is 37.7 Å². The second kappa shape index (κ2) is 4.66. The summed E-state index contributed by atoms with van der Waals surface area (Å²) in [6.45, 7) is 0. The molecule has 4 bridgehead atoms. The van der Waals surface area contributed by atoms with E-state index in [1.807, 2.05) is 0 Å². The van der Waals surface area contributed by atoms with Crippen molar-refractivity contribution in [2.45, 2.75) is 32.1 Å². The summed E-state index contributed by atoms with van der Waals surface area (Å²) in [6, 6.07) is 10.8. The van der Waals surface area contributed by atoms with E-state index >= 15 is 0 Å². The molecule has 4 aliphatic carbocycles. The average molecular weight is 273 g/mol. The maximum atomic E-state index is 6.34. The largest absolute Gasteiger partial charge is 0.122 e. The molecule has 5 rings (SSSR count). The lowest BCUT2D eigenvalue weighted by atomic mass is 9.53. The number of hydrogen-bond acceptors (Lipinski definition) is 0. The molecule has 0 spiro atoms. The quantitative estimate of drug-likeness (QED) is 0.654. The number of hydrogen-bond donors (Lipinski definition) is 0. The number of benzene rings is 1. The first-order valence-electron chi connectivity index (χ1n) is 7.69. The topological polar surface area (TPSA) is 0 Å². The smallest absolute Gasteiger partial charge is 0.0479 e. The summed E-state index contributed by atoms with van der Waals surface area (Å²) in [7, 11) is 0. The molecule has 0 atom stereocenters. The molecule has 19 heavy (non-hydrogen) atoms. The third kappa shape index (κ3) is 1.96. The minimum absolute atomic E-state index is 0.682. The van der Waals surface area contributed by atoms with Crippen LogP contribution in [0.3, 0.4) is 0 Å². The maximum absolute atomic E-state index is 6.34. The standard InChI is InChI=1S/C18H21Cl/c19-11-17(14-4-2-1-3-5-14)18-15-7-12-6-13(9-15)10-16(18)8-12/h1-5,12-13,15-16H,6-11H2. The molecule has 1 aromatic rings. The molecule has 0 N–H and O–H groups in total. The normalized spacial score (nSPS) is 35.7. The Morgan fingerprint density at radius 1 is 0.895 bits per heavy atom. The minimum atomic E-state index is 0.682. The molecule has 0 saturated heterocycles. The molecular weight excluding hydrogens is 252 g/mol. The van der Waals surface area contributed by atoms with Crippen molar-refractivity contribution in [1.29, 1.82) is 0 Å². The van der Waals surface area contributed by atoms with Gasteiger partial charge in [-0.15, -0.1) is 11.6 Å². The lowest BCUT2D eigenvalue weighted by molar-refractivity contribution is 0.0704. The minimum Gasteiger partial charge on any atom is -0.122 e. The zero-order valence-electron chi connectivity index (χ0n) is 11.3. The summed E-state index contributed by atoms with van der Waals surface area (Å²) >= 11 is 6.34.